The largest absolute Gasteiger partial charge is 0.395 e. The summed E-state index contributed by atoms with van der Waals surface area (Å²) in [6.45, 7) is 6.48. The van der Waals surface area contributed by atoms with Crippen LogP contribution in [0.1, 0.15) is 13.8 Å². The maximum atomic E-state index is 8.73. The highest BCUT2D eigenvalue weighted by molar-refractivity contribution is 6.36. The number of nitrogens with one attached hydrogen (secondary N) is 1. The van der Waals surface area contributed by atoms with Crippen LogP contribution < -0.4 is 5.32 Å². The number of rotatable bonds is 6. The molecular formula is C19H27Cl3N2O. The Morgan fingerprint density at radius 1 is 0.920 bits per heavy atom. The molecule has 2 N–H and O–H groups in total. The van der Waals surface area contributed by atoms with E-state index < -0.39 is 0 Å². The molecule has 0 saturated heterocycles. The summed E-state index contributed by atoms with van der Waals surface area (Å²) < 4.78 is 0. The minimum Gasteiger partial charge on any atom is -0.395 e. The van der Waals surface area contributed by atoms with Gasteiger partial charge in [-0.05, 0) is 37.4 Å². The average molecular weight is 406 g/mol. The van der Waals surface area contributed by atoms with Crippen molar-refractivity contribution in [1.29, 1.82) is 0 Å². The first-order valence-electron chi connectivity index (χ1n) is 8.22. The summed E-state index contributed by atoms with van der Waals surface area (Å²) in [4.78, 5) is 2.04. The fraction of sp³-hybridized carbons (Fsp3) is 0.368. The normalized spacial score (nSPS) is 9.60. The van der Waals surface area contributed by atoms with Gasteiger partial charge in [-0.1, -0.05) is 66.8 Å². The van der Waals surface area contributed by atoms with Crippen molar-refractivity contribution in [1.82, 2.24) is 4.90 Å². The minimum absolute atomic E-state index is 0.179. The summed E-state index contributed by atoms with van der Waals surface area (Å²) in [6, 6.07) is 14.8. The van der Waals surface area contributed by atoms with Crippen molar-refractivity contribution < 1.29 is 5.11 Å². The van der Waals surface area contributed by atoms with Gasteiger partial charge in [-0.25, -0.2) is 0 Å². The monoisotopic (exact) mass is 404 g/mol. The van der Waals surface area contributed by atoms with Gasteiger partial charge >= 0.3 is 0 Å². The van der Waals surface area contributed by atoms with Crippen molar-refractivity contribution >= 4 is 40.5 Å². The molecule has 0 atom stereocenters. The minimum atomic E-state index is 0.179. The first kappa shape index (κ1) is 24.0. The molecule has 140 valence electrons. The average Bonchev–Trinajstić information content (AvgIpc) is 2.60. The fourth-order valence-corrected chi connectivity index (χ4v) is 2.33. The zero-order valence-electron chi connectivity index (χ0n) is 15.0. The van der Waals surface area contributed by atoms with Crippen LogP contribution in [0.15, 0.2) is 48.5 Å². The second-order valence-electron chi connectivity index (χ2n) is 4.87. The number of hydrogen-bond acceptors (Lipinski definition) is 3. The highest BCUT2D eigenvalue weighted by Gasteiger charge is 2.01. The molecule has 0 radical (unpaired) electrons. The van der Waals surface area contributed by atoms with Gasteiger partial charge in [0.25, 0.3) is 0 Å². The van der Waals surface area contributed by atoms with Gasteiger partial charge in [0.2, 0.25) is 0 Å². The zero-order chi connectivity index (χ0) is 19.1. The third kappa shape index (κ3) is 12.1. The molecule has 0 bridgehead atoms. The Hall–Kier alpha value is -0.970. The van der Waals surface area contributed by atoms with E-state index in [2.05, 4.69) is 5.32 Å². The summed E-state index contributed by atoms with van der Waals surface area (Å²) in [7, 11) is 1.96. The number of aliphatic hydroxyl groups excluding tert-OH is 1. The van der Waals surface area contributed by atoms with Crippen molar-refractivity contribution in [2.24, 2.45) is 0 Å². The van der Waals surface area contributed by atoms with E-state index in [1.165, 1.54) is 0 Å². The number of nitrogens with zero attached hydrogens (tertiary/aromatic N) is 1. The SMILES string of the molecule is CC.CN(CCO)CCNc1ccc(Cl)cc1Cl.Clc1ccccc1. The highest BCUT2D eigenvalue weighted by Crippen LogP contribution is 2.24. The molecule has 2 rings (SSSR count). The Labute approximate surface area is 166 Å². The molecule has 2 aromatic rings. The molecule has 0 saturated carbocycles. The van der Waals surface area contributed by atoms with Gasteiger partial charge in [-0.15, -0.1) is 0 Å². The highest BCUT2D eigenvalue weighted by atomic mass is 35.5. The van der Waals surface area contributed by atoms with Crippen LogP contribution >= 0.6 is 34.8 Å². The summed E-state index contributed by atoms with van der Waals surface area (Å²) in [6.07, 6.45) is 0. The van der Waals surface area contributed by atoms with E-state index in [1.54, 1.807) is 12.1 Å². The van der Waals surface area contributed by atoms with Crippen LogP contribution in [0.3, 0.4) is 0 Å². The molecule has 0 spiro atoms. The molecule has 0 heterocycles. The van der Waals surface area contributed by atoms with Crippen molar-refractivity contribution in [2.45, 2.75) is 13.8 Å². The lowest BCUT2D eigenvalue weighted by atomic mass is 10.3. The van der Waals surface area contributed by atoms with Crippen LogP contribution in [-0.2, 0) is 0 Å². The van der Waals surface area contributed by atoms with Gasteiger partial charge in [0, 0.05) is 29.7 Å². The van der Waals surface area contributed by atoms with Crippen molar-refractivity contribution in [3.8, 4) is 0 Å². The molecule has 6 heteroatoms. The van der Waals surface area contributed by atoms with E-state index in [9.17, 15) is 0 Å². The van der Waals surface area contributed by atoms with E-state index in [0.29, 0.717) is 16.6 Å². The Morgan fingerprint density at radius 3 is 2.04 bits per heavy atom. The van der Waals surface area contributed by atoms with E-state index in [1.807, 2.05) is 62.2 Å². The third-order valence-electron chi connectivity index (χ3n) is 2.95. The molecular weight excluding hydrogens is 379 g/mol. The lowest BCUT2D eigenvalue weighted by Gasteiger charge is -2.16. The van der Waals surface area contributed by atoms with Crippen LogP contribution in [0.25, 0.3) is 0 Å². The summed E-state index contributed by atoms with van der Waals surface area (Å²) in [5.74, 6) is 0. The second kappa shape index (κ2) is 15.3. The van der Waals surface area contributed by atoms with Gasteiger partial charge in [0.1, 0.15) is 0 Å². The predicted molar refractivity (Wildman–Crippen MR) is 112 cm³/mol. The Balaban J connectivity index is 0.000000530. The molecule has 25 heavy (non-hydrogen) atoms. The standard InChI is InChI=1S/C11H16Cl2N2O.C6H5Cl.C2H6/c1-15(6-7-16)5-4-14-11-3-2-9(12)8-10(11)13;7-6-4-2-1-3-5-6;1-2/h2-3,8,14,16H,4-7H2,1H3;1-5H;1-2H3. The Morgan fingerprint density at radius 2 is 1.56 bits per heavy atom. The van der Waals surface area contributed by atoms with E-state index in [4.69, 9.17) is 39.9 Å². The maximum absolute atomic E-state index is 8.73. The summed E-state index contributed by atoms with van der Waals surface area (Å²) >= 11 is 17.3. The third-order valence-corrected chi connectivity index (χ3v) is 3.75. The van der Waals surface area contributed by atoms with E-state index >= 15 is 0 Å². The topological polar surface area (TPSA) is 35.5 Å². The Kier molecular flexibility index (Phi) is 14.7. The number of hydrogen-bond donors (Lipinski definition) is 2. The number of benzene rings is 2. The zero-order valence-corrected chi connectivity index (χ0v) is 17.2. The van der Waals surface area contributed by atoms with E-state index in [0.717, 1.165) is 23.8 Å². The molecule has 0 amide bonds. The molecule has 0 unspecified atom stereocenters. The first-order chi connectivity index (χ1) is 12.0. The van der Waals surface area contributed by atoms with Crippen LogP contribution in [-0.4, -0.2) is 43.3 Å². The van der Waals surface area contributed by atoms with Gasteiger partial charge in [-0.3, -0.25) is 0 Å². The lowest BCUT2D eigenvalue weighted by molar-refractivity contribution is 0.225. The predicted octanol–water partition coefficient (Wildman–Crippen LogP) is 5.70. The number of aliphatic hydroxyl groups is 1. The second-order valence-corrected chi connectivity index (χ2v) is 6.15. The van der Waals surface area contributed by atoms with Crippen molar-refractivity contribution in [3.63, 3.8) is 0 Å². The van der Waals surface area contributed by atoms with Gasteiger partial charge in [0.05, 0.1) is 17.3 Å². The van der Waals surface area contributed by atoms with Crippen molar-refractivity contribution in [2.75, 3.05) is 38.6 Å². The van der Waals surface area contributed by atoms with Gasteiger partial charge < -0.3 is 15.3 Å². The fourth-order valence-electron chi connectivity index (χ4n) is 1.71. The molecule has 0 aliphatic carbocycles. The molecule has 0 fully saturated rings. The van der Waals surface area contributed by atoms with Crippen LogP contribution in [0, 0.1) is 0 Å². The number of halogens is 3. The smallest absolute Gasteiger partial charge is 0.0652 e. The van der Waals surface area contributed by atoms with Crippen LogP contribution in [0.5, 0.6) is 0 Å². The number of anilines is 1. The quantitative estimate of drug-likeness (QED) is 0.647. The summed E-state index contributed by atoms with van der Waals surface area (Å²) in [5.41, 5.74) is 0.878. The number of likely N-dealkylation sites (N-methyl/N-ethyl adjacent to an activating group) is 1. The summed E-state index contributed by atoms with van der Waals surface area (Å²) in [5, 5.41) is 14.0. The molecule has 0 aliphatic heterocycles. The molecule has 2 aromatic carbocycles. The van der Waals surface area contributed by atoms with Crippen LogP contribution in [0.4, 0.5) is 5.69 Å². The van der Waals surface area contributed by atoms with Gasteiger partial charge in [-0.2, -0.15) is 0 Å². The molecule has 3 nitrogen and oxygen atoms in total. The van der Waals surface area contributed by atoms with Crippen LogP contribution in [0.2, 0.25) is 15.1 Å². The lowest BCUT2D eigenvalue weighted by Crippen LogP contribution is -2.27. The first-order valence-corrected chi connectivity index (χ1v) is 9.35. The Bertz CT molecular complexity index is 568. The maximum Gasteiger partial charge on any atom is 0.0652 e. The molecule has 0 aromatic heterocycles. The van der Waals surface area contributed by atoms with E-state index in [-0.39, 0.29) is 6.61 Å². The van der Waals surface area contributed by atoms with Gasteiger partial charge in [0.15, 0.2) is 0 Å². The molecule has 0 aliphatic rings. The van der Waals surface area contributed by atoms with Crippen molar-refractivity contribution in [3.05, 3.63) is 63.6 Å².